The molecule has 0 saturated carbocycles. The van der Waals surface area contributed by atoms with Gasteiger partial charge in [0.05, 0.1) is 23.8 Å². The Hall–Kier alpha value is -3.44. The number of benzene rings is 2. The van der Waals surface area contributed by atoms with Gasteiger partial charge >= 0.3 is 0 Å². The Balaban J connectivity index is 1.61. The van der Waals surface area contributed by atoms with Crippen LogP contribution < -0.4 is 5.32 Å². The summed E-state index contributed by atoms with van der Waals surface area (Å²) < 4.78 is 1.84. The fraction of sp³-hybridized carbons (Fsp3) is 0.227. The average molecular weight is 420 g/mol. The summed E-state index contributed by atoms with van der Waals surface area (Å²) in [6.07, 6.45) is 0.0961. The highest BCUT2D eigenvalue weighted by Gasteiger charge is 2.16. The number of hydrogen-bond donors (Lipinski definition) is 1. The highest BCUT2D eigenvalue weighted by molar-refractivity contribution is 7.99. The molecular formula is C22H21N5O2S. The Kier molecular flexibility index (Phi) is 6.99. The highest BCUT2D eigenvalue weighted by Crippen LogP contribution is 2.19. The molecule has 0 unspecified atom stereocenters. The van der Waals surface area contributed by atoms with Gasteiger partial charge in [-0.3, -0.25) is 9.59 Å². The monoisotopic (exact) mass is 419 g/mol. The number of aryl methyl sites for hydroxylation is 1. The first kappa shape index (κ1) is 21.3. The van der Waals surface area contributed by atoms with E-state index in [0.717, 1.165) is 11.3 Å². The number of rotatable bonds is 8. The number of carbonyl (C=O) groups excluding carboxylic acids is 2. The van der Waals surface area contributed by atoms with Crippen LogP contribution in [0.1, 0.15) is 34.2 Å². The van der Waals surface area contributed by atoms with Crippen LogP contribution in [0, 0.1) is 18.3 Å². The third-order valence-corrected chi connectivity index (χ3v) is 5.40. The fourth-order valence-electron chi connectivity index (χ4n) is 2.80. The van der Waals surface area contributed by atoms with Crippen LogP contribution in [0.5, 0.6) is 0 Å². The van der Waals surface area contributed by atoms with Crippen molar-refractivity contribution in [2.24, 2.45) is 0 Å². The molecular weight excluding hydrogens is 398 g/mol. The van der Waals surface area contributed by atoms with Crippen LogP contribution in [0.15, 0.2) is 53.7 Å². The summed E-state index contributed by atoms with van der Waals surface area (Å²) >= 11 is 1.28. The van der Waals surface area contributed by atoms with Crippen LogP contribution in [-0.4, -0.2) is 32.2 Å². The normalized spacial score (nSPS) is 10.4. The molecule has 0 saturated heterocycles. The molecule has 1 heterocycles. The van der Waals surface area contributed by atoms with Gasteiger partial charge in [0, 0.05) is 17.8 Å². The molecule has 1 aromatic heterocycles. The first-order valence-electron chi connectivity index (χ1n) is 9.45. The van der Waals surface area contributed by atoms with E-state index < -0.39 is 0 Å². The summed E-state index contributed by atoms with van der Waals surface area (Å²) in [4.78, 5) is 24.8. The molecule has 30 heavy (non-hydrogen) atoms. The van der Waals surface area contributed by atoms with Gasteiger partial charge < -0.3 is 9.88 Å². The number of thioether (sulfide) groups is 1. The lowest BCUT2D eigenvalue weighted by Crippen LogP contribution is -2.17. The second-order valence-electron chi connectivity index (χ2n) is 6.64. The second kappa shape index (κ2) is 9.85. The lowest BCUT2D eigenvalue weighted by molar-refractivity contribution is -0.115. The van der Waals surface area contributed by atoms with Gasteiger partial charge in [0.1, 0.15) is 5.82 Å². The standard InChI is InChI=1S/C22H21N5O2S/c1-3-27-20(12-21(29)24-18-10-4-15(2)5-11-18)25-26-22(27)30-14-19(28)17-8-6-16(13-23)7-9-17/h4-11H,3,12,14H2,1-2H3,(H,24,29). The first-order chi connectivity index (χ1) is 14.5. The lowest BCUT2D eigenvalue weighted by atomic mass is 10.1. The van der Waals surface area contributed by atoms with Crippen molar-refractivity contribution in [3.05, 3.63) is 71.0 Å². The summed E-state index contributed by atoms with van der Waals surface area (Å²) in [6, 6.07) is 16.1. The maximum atomic E-state index is 12.4. The van der Waals surface area contributed by atoms with Crippen molar-refractivity contribution in [2.45, 2.75) is 32.0 Å². The minimum atomic E-state index is -0.175. The molecule has 0 atom stereocenters. The molecule has 0 fully saturated rings. The predicted octanol–water partition coefficient (Wildman–Crippen LogP) is 3.63. The van der Waals surface area contributed by atoms with Gasteiger partial charge in [0.2, 0.25) is 5.91 Å². The average Bonchev–Trinajstić information content (AvgIpc) is 3.14. The van der Waals surface area contributed by atoms with Crippen molar-refractivity contribution in [1.29, 1.82) is 5.26 Å². The second-order valence-corrected chi connectivity index (χ2v) is 7.58. The van der Waals surface area contributed by atoms with Crippen LogP contribution in [-0.2, 0) is 17.8 Å². The van der Waals surface area contributed by atoms with Crippen molar-refractivity contribution in [2.75, 3.05) is 11.1 Å². The van der Waals surface area contributed by atoms with Crippen molar-refractivity contribution in [3.8, 4) is 6.07 Å². The van der Waals surface area contributed by atoms with Gasteiger partial charge in [-0.25, -0.2) is 0 Å². The molecule has 3 aromatic rings. The van der Waals surface area contributed by atoms with Crippen molar-refractivity contribution in [1.82, 2.24) is 14.8 Å². The van der Waals surface area contributed by atoms with Crippen LogP contribution in [0.25, 0.3) is 0 Å². The molecule has 0 bridgehead atoms. The Labute approximate surface area is 179 Å². The molecule has 0 spiro atoms. The van der Waals surface area contributed by atoms with Crippen molar-refractivity contribution >= 4 is 29.1 Å². The van der Waals surface area contributed by atoms with Crippen LogP contribution >= 0.6 is 11.8 Å². The number of carbonyl (C=O) groups is 2. The Bertz CT molecular complexity index is 1080. The molecule has 0 radical (unpaired) electrons. The van der Waals surface area contributed by atoms with Crippen LogP contribution in [0.3, 0.4) is 0 Å². The maximum absolute atomic E-state index is 12.4. The van der Waals surface area contributed by atoms with Crippen LogP contribution in [0.4, 0.5) is 5.69 Å². The minimum Gasteiger partial charge on any atom is -0.326 e. The molecule has 3 rings (SSSR count). The number of hydrogen-bond acceptors (Lipinski definition) is 6. The van der Waals surface area contributed by atoms with Gasteiger partial charge in [-0.05, 0) is 38.1 Å². The zero-order valence-electron chi connectivity index (χ0n) is 16.8. The van der Waals surface area contributed by atoms with E-state index in [-0.39, 0.29) is 23.9 Å². The summed E-state index contributed by atoms with van der Waals surface area (Å²) in [6.45, 7) is 4.52. The molecule has 2 aromatic carbocycles. The first-order valence-corrected chi connectivity index (χ1v) is 10.4. The number of anilines is 1. The maximum Gasteiger partial charge on any atom is 0.232 e. The molecule has 0 aliphatic heterocycles. The minimum absolute atomic E-state index is 0.0613. The SMILES string of the molecule is CCn1c(CC(=O)Nc2ccc(C)cc2)nnc1SCC(=O)c1ccc(C#N)cc1. The van der Waals surface area contributed by atoms with E-state index >= 15 is 0 Å². The zero-order chi connectivity index (χ0) is 21.5. The lowest BCUT2D eigenvalue weighted by Gasteiger charge is -2.08. The number of nitrogens with one attached hydrogen (secondary N) is 1. The summed E-state index contributed by atoms with van der Waals surface area (Å²) in [5.41, 5.74) is 2.91. The number of Topliss-reactive ketones (excluding diaryl/α,β-unsaturated/α-hetero) is 1. The smallest absolute Gasteiger partial charge is 0.232 e. The number of amides is 1. The fourth-order valence-corrected chi connectivity index (χ4v) is 3.72. The Morgan fingerprint density at radius 1 is 1.10 bits per heavy atom. The third-order valence-electron chi connectivity index (χ3n) is 4.43. The van der Waals surface area contributed by atoms with E-state index in [1.54, 1.807) is 24.3 Å². The Morgan fingerprint density at radius 2 is 1.80 bits per heavy atom. The molecule has 7 nitrogen and oxygen atoms in total. The van der Waals surface area contributed by atoms with Gasteiger partial charge in [-0.15, -0.1) is 10.2 Å². The highest BCUT2D eigenvalue weighted by atomic mass is 32.2. The van der Waals surface area contributed by atoms with E-state index in [0.29, 0.717) is 28.7 Å². The number of nitriles is 1. The van der Waals surface area contributed by atoms with E-state index in [2.05, 4.69) is 15.5 Å². The van der Waals surface area contributed by atoms with Gasteiger partial charge in [0.25, 0.3) is 0 Å². The summed E-state index contributed by atoms with van der Waals surface area (Å²) in [7, 11) is 0. The van der Waals surface area contributed by atoms with E-state index in [1.807, 2.05) is 48.7 Å². The van der Waals surface area contributed by atoms with Crippen molar-refractivity contribution in [3.63, 3.8) is 0 Å². The number of aromatic nitrogens is 3. The third kappa shape index (κ3) is 5.33. The molecule has 152 valence electrons. The van der Waals surface area contributed by atoms with Gasteiger partial charge in [-0.1, -0.05) is 41.6 Å². The molecule has 0 aliphatic rings. The Morgan fingerprint density at radius 3 is 2.43 bits per heavy atom. The number of ketones is 1. The summed E-state index contributed by atoms with van der Waals surface area (Å²) in [5.74, 6) is 0.509. The zero-order valence-corrected chi connectivity index (χ0v) is 17.6. The molecule has 1 amide bonds. The van der Waals surface area contributed by atoms with E-state index in [9.17, 15) is 9.59 Å². The van der Waals surface area contributed by atoms with E-state index in [4.69, 9.17) is 5.26 Å². The predicted molar refractivity (Wildman–Crippen MR) is 115 cm³/mol. The quantitative estimate of drug-likeness (QED) is 0.442. The van der Waals surface area contributed by atoms with E-state index in [1.165, 1.54) is 11.8 Å². The molecule has 0 aliphatic carbocycles. The van der Waals surface area contributed by atoms with Crippen molar-refractivity contribution < 1.29 is 9.59 Å². The summed E-state index contributed by atoms with van der Waals surface area (Å²) in [5, 5.41) is 20.6. The van der Waals surface area contributed by atoms with Gasteiger partial charge in [-0.2, -0.15) is 5.26 Å². The molecule has 8 heteroatoms. The topological polar surface area (TPSA) is 101 Å². The van der Waals surface area contributed by atoms with Crippen LogP contribution in [0.2, 0.25) is 0 Å². The number of nitrogens with zero attached hydrogens (tertiary/aromatic N) is 4. The largest absolute Gasteiger partial charge is 0.326 e. The van der Waals surface area contributed by atoms with Gasteiger partial charge in [0.15, 0.2) is 10.9 Å². The molecule has 1 N–H and O–H groups in total.